The number of hydrogen-bond acceptors (Lipinski definition) is 3. The molecule has 0 unspecified atom stereocenters. The summed E-state index contributed by atoms with van der Waals surface area (Å²) in [5, 5.41) is 3.29. The Kier molecular flexibility index (Phi) is 7.87. The Morgan fingerprint density at radius 1 is 1.14 bits per heavy atom. The van der Waals surface area contributed by atoms with Crippen LogP contribution < -0.4 is 10.0 Å². The van der Waals surface area contributed by atoms with Crippen molar-refractivity contribution in [3.05, 3.63) is 27.7 Å². The van der Waals surface area contributed by atoms with E-state index in [4.69, 9.17) is 0 Å². The van der Waals surface area contributed by atoms with Crippen molar-refractivity contribution >= 4 is 26.0 Å². The van der Waals surface area contributed by atoms with Crippen molar-refractivity contribution in [3.8, 4) is 0 Å². The minimum absolute atomic E-state index is 0.362. The number of hydrogen-bond donors (Lipinski definition) is 2. The van der Waals surface area contributed by atoms with Gasteiger partial charge in [-0.05, 0) is 49.6 Å². The van der Waals surface area contributed by atoms with Gasteiger partial charge in [-0.1, -0.05) is 36.2 Å². The molecule has 0 saturated heterocycles. The quantitative estimate of drug-likeness (QED) is 0.649. The van der Waals surface area contributed by atoms with E-state index in [-0.39, 0.29) is 0 Å². The van der Waals surface area contributed by atoms with Gasteiger partial charge in [-0.25, -0.2) is 13.1 Å². The Labute approximate surface area is 136 Å². The lowest BCUT2D eigenvalue weighted by atomic mass is 10.1. The monoisotopic (exact) mass is 376 g/mol. The molecule has 1 rings (SSSR count). The molecule has 21 heavy (non-hydrogen) atoms. The van der Waals surface area contributed by atoms with Crippen molar-refractivity contribution in [2.24, 2.45) is 0 Å². The molecule has 4 nitrogen and oxygen atoms in total. The first-order valence-corrected chi connectivity index (χ1v) is 9.69. The number of nitrogens with one attached hydrogen (secondary N) is 2. The molecule has 0 amide bonds. The fraction of sp³-hybridized carbons (Fsp3) is 0.600. The molecule has 0 saturated carbocycles. The van der Waals surface area contributed by atoms with Gasteiger partial charge in [0.2, 0.25) is 10.0 Å². The number of rotatable bonds is 9. The standard InChI is InChI=1S/C15H25BrN2O2S/c1-4-6-8-18-21(19,20)15-10-13(11-17-7-5-2)9-14(16)12(15)3/h9-10,17-18H,4-8,11H2,1-3H3. The Balaban J connectivity index is 2.99. The largest absolute Gasteiger partial charge is 0.313 e. The summed E-state index contributed by atoms with van der Waals surface area (Å²) in [7, 11) is -3.45. The summed E-state index contributed by atoms with van der Waals surface area (Å²) in [6, 6.07) is 3.74. The molecule has 1 aromatic rings. The fourth-order valence-corrected chi connectivity index (χ4v) is 3.99. The van der Waals surface area contributed by atoms with Gasteiger partial charge in [0.15, 0.2) is 0 Å². The van der Waals surface area contributed by atoms with Crippen molar-refractivity contribution in [2.75, 3.05) is 13.1 Å². The highest BCUT2D eigenvalue weighted by molar-refractivity contribution is 9.10. The second kappa shape index (κ2) is 8.88. The third kappa shape index (κ3) is 5.70. The van der Waals surface area contributed by atoms with Crippen LogP contribution in [-0.4, -0.2) is 21.5 Å². The maximum atomic E-state index is 12.4. The van der Waals surface area contributed by atoms with Crippen molar-refractivity contribution in [2.45, 2.75) is 51.5 Å². The second-order valence-corrected chi connectivity index (χ2v) is 7.72. The average molecular weight is 377 g/mol. The van der Waals surface area contributed by atoms with E-state index in [1.54, 1.807) is 6.07 Å². The third-order valence-corrected chi connectivity index (χ3v) is 5.64. The van der Waals surface area contributed by atoms with Crippen LogP contribution >= 0.6 is 15.9 Å². The molecule has 1 aromatic carbocycles. The molecule has 0 radical (unpaired) electrons. The lowest BCUT2D eigenvalue weighted by Gasteiger charge is -2.13. The molecule has 6 heteroatoms. The van der Waals surface area contributed by atoms with Gasteiger partial charge in [-0.15, -0.1) is 0 Å². The Bertz CT molecular complexity index is 559. The lowest BCUT2D eigenvalue weighted by Crippen LogP contribution is -2.26. The van der Waals surface area contributed by atoms with Gasteiger partial charge in [0.25, 0.3) is 0 Å². The van der Waals surface area contributed by atoms with Crippen LogP contribution in [0, 0.1) is 6.92 Å². The van der Waals surface area contributed by atoms with E-state index >= 15 is 0 Å². The summed E-state index contributed by atoms with van der Waals surface area (Å²) in [6.45, 7) is 8.03. The van der Waals surface area contributed by atoms with E-state index in [0.29, 0.717) is 18.0 Å². The van der Waals surface area contributed by atoms with Gasteiger partial charge in [-0.3, -0.25) is 0 Å². The summed E-state index contributed by atoms with van der Waals surface area (Å²) in [5.41, 5.74) is 1.72. The van der Waals surface area contributed by atoms with Crippen LogP contribution in [0.25, 0.3) is 0 Å². The van der Waals surface area contributed by atoms with Crippen LogP contribution in [0.5, 0.6) is 0 Å². The molecule has 0 aromatic heterocycles. The summed E-state index contributed by atoms with van der Waals surface area (Å²) in [4.78, 5) is 0.362. The van der Waals surface area contributed by atoms with Crippen LogP contribution in [0.3, 0.4) is 0 Å². The smallest absolute Gasteiger partial charge is 0.240 e. The number of unbranched alkanes of at least 4 members (excludes halogenated alkanes) is 1. The summed E-state index contributed by atoms with van der Waals surface area (Å²) < 4.78 is 28.3. The Hall–Kier alpha value is -0.430. The zero-order valence-corrected chi connectivity index (χ0v) is 15.4. The topological polar surface area (TPSA) is 58.2 Å². The van der Waals surface area contributed by atoms with E-state index in [0.717, 1.165) is 41.4 Å². The van der Waals surface area contributed by atoms with E-state index in [2.05, 4.69) is 32.9 Å². The van der Waals surface area contributed by atoms with Crippen LogP contribution in [0.4, 0.5) is 0 Å². The Morgan fingerprint density at radius 2 is 1.86 bits per heavy atom. The van der Waals surface area contributed by atoms with E-state index in [9.17, 15) is 8.42 Å². The molecule has 0 bridgehead atoms. The first-order chi connectivity index (χ1) is 9.92. The average Bonchev–Trinajstić information content (AvgIpc) is 2.42. The molecule has 0 fully saturated rings. The molecule has 0 aliphatic rings. The van der Waals surface area contributed by atoms with Gasteiger partial charge in [0.1, 0.15) is 0 Å². The van der Waals surface area contributed by atoms with Crippen LogP contribution in [0.2, 0.25) is 0 Å². The zero-order valence-electron chi connectivity index (χ0n) is 13.0. The minimum Gasteiger partial charge on any atom is -0.313 e. The molecule has 0 spiro atoms. The first-order valence-electron chi connectivity index (χ1n) is 7.41. The highest BCUT2D eigenvalue weighted by Crippen LogP contribution is 2.25. The number of sulfonamides is 1. The maximum absolute atomic E-state index is 12.4. The Morgan fingerprint density at radius 3 is 2.48 bits per heavy atom. The van der Waals surface area contributed by atoms with Crippen LogP contribution in [-0.2, 0) is 16.6 Å². The van der Waals surface area contributed by atoms with Crippen molar-refractivity contribution < 1.29 is 8.42 Å². The van der Waals surface area contributed by atoms with Gasteiger partial charge >= 0.3 is 0 Å². The predicted molar refractivity (Wildman–Crippen MR) is 91.0 cm³/mol. The summed E-state index contributed by atoms with van der Waals surface area (Å²) >= 11 is 3.46. The molecule has 2 N–H and O–H groups in total. The van der Waals surface area contributed by atoms with Crippen molar-refractivity contribution in [1.29, 1.82) is 0 Å². The normalized spacial score (nSPS) is 11.8. The number of halogens is 1. The molecule has 0 aliphatic carbocycles. The first kappa shape index (κ1) is 18.6. The highest BCUT2D eigenvalue weighted by atomic mass is 79.9. The highest BCUT2D eigenvalue weighted by Gasteiger charge is 2.18. The molecular weight excluding hydrogens is 352 g/mol. The van der Waals surface area contributed by atoms with Crippen LogP contribution in [0.1, 0.15) is 44.2 Å². The maximum Gasteiger partial charge on any atom is 0.240 e. The van der Waals surface area contributed by atoms with E-state index in [1.807, 2.05) is 19.9 Å². The summed E-state index contributed by atoms with van der Waals surface area (Å²) in [5.74, 6) is 0. The van der Waals surface area contributed by atoms with Gasteiger partial charge in [-0.2, -0.15) is 0 Å². The fourth-order valence-electron chi connectivity index (χ4n) is 1.96. The molecule has 0 heterocycles. The van der Waals surface area contributed by atoms with Crippen molar-refractivity contribution in [3.63, 3.8) is 0 Å². The molecule has 0 atom stereocenters. The third-order valence-electron chi connectivity index (χ3n) is 3.22. The second-order valence-electron chi connectivity index (χ2n) is 5.13. The molecule has 0 aliphatic heterocycles. The zero-order chi connectivity index (χ0) is 15.9. The SMILES string of the molecule is CCCCNS(=O)(=O)c1cc(CNCCC)cc(Br)c1C. The minimum atomic E-state index is -3.45. The number of benzene rings is 1. The molecular formula is C15H25BrN2O2S. The van der Waals surface area contributed by atoms with E-state index in [1.165, 1.54) is 0 Å². The molecule has 120 valence electrons. The predicted octanol–water partition coefficient (Wildman–Crippen LogP) is 3.34. The van der Waals surface area contributed by atoms with E-state index < -0.39 is 10.0 Å². The van der Waals surface area contributed by atoms with Gasteiger partial charge < -0.3 is 5.32 Å². The lowest BCUT2D eigenvalue weighted by molar-refractivity contribution is 0.577. The van der Waals surface area contributed by atoms with Crippen LogP contribution in [0.15, 0.2) is 21.5 Å². The summed E-state index contributed by atoms with van der Waals surface area (Å²) in [6.07, 6.45) is 2.86. The van der Waals surface area contributed by atoms with Crippen molar-refractivity contribution in [1.82, 2.24) is 10.0 Å². The van der Waals surface area contributed by atoms with Gasteiger partial charge in [0.05, 0.1) is 4.90 Å². The van der Waals surface area contributed by atoms with Gasteiger partial charge in [0, 0.05) is 17.6 Å².